The van der Waals surface area contributed by atoms with Crippen LogP contribution in [0.2, 0.25) is 5.02 Å². The van der Waals surface area contributed by atoms with Crippen LogP contribution < -0.4 is 4.90 Å². The minimum absolute atomic E-state index is 0.0622. The molecule has 1 fully saturated rings. The van der Waals surface area contributed by atoms with Gasteiger partial charge in [-0.1, -0.05) is 60.1 Å². The lowest BCUT2D eigenvalue weighted by atomic mass is 9.95. The summed E-state index contributed by atoms with van der Waals surface area (Å²) in [6.45, 7) is 0. The van der Waals surface area contributed by atoms with Crippen LogP contribution in [0.3, 0.4) is 0 Å². The van der Waals surface area contributed by atoms with Crippen LogP contribution in [-0.2, 0) is 9.59 Å². The number of anilines is 1. The van der Waals surface area contributed by atoms with Crippen molar-refractivity contribution in [3.05, 3.63) is 106 Å². The molecule has 1 aliphatic heterocycles. The molecule has 4 nitrogen and oxygen atoms in total. The number of aliphatic hydroxyl groups is 1. The van der Waals surface area contributed by atoms with Crippen molar-refractivity contribution in [2.75, 3.05) is 4.90 Å². The maximum Gasteiger partial charge on any atom is 0.300 e. The lowest BCUT2D eigenvalue weighted by molar-refractivity contribution is -0.132. The quantitative estimate of drug-likeness (QED) is 0.373. The fourth-order valence-electron chi connectivity index (χ4n) is 3.44. The highest BCUT2D eigenvalue weighted by Gasteiger charge is 2.46. The Balaban J connectivity index is 1.96. The van der Waals surface area contributed by atoms with Gasteiger partial charge >= 0.3 is 0 Å². The van der Waals surface area contributed by atoms with E-state index in [0.29, 0.717) is 21.8 Å². The maximum absolute atomic E-state index is 13.5. The van der Waals surface area contributed by atoms with E-state index in [0.717, 1.165) is 0 Å². The molecule has 0 aromatic heterocycles. The number of aliphatic hydroxyl groups excluding tert-OH is 1. The molecule has 0 aliphatic carbocycles. The Kier molecular flexibility index (Phi) is 4.91. The first-order valence-corrected chi connectivity index (χ1v) is 9.22. The van der Waals surface area contributed by atoms with Gasteiger partial charge in [-0.15, -0.1) is 0 Å². The second-order valence-electron chi connectivity index (χ2n) is 6.57. The molecule has 144 valence electrons. The van der Waals surface area contributed by atoms with Crippen molar-refractivity contribution in [2.45, 2.75) is 6.04 Å². The summed E-state index contributed by atoms with van der Waals surface area (Å²) in [6, 6.07) is 19.6. The van der Waals surface area contributed by atoms with Crippen LogP contribution in [0.4, 0.5) is 10.1 Å². The Morgan fingerprint density at radius 2 is 1.62 bits per heavy atom. The zero-order valence-electron chi connectivity index (χ0n) is 15.0. The van der Waals surface area contributed by atoms with Gasteiger partial charge in [0.05, 0.1) is 11.6 Å². The Bertz CT molecular complexity index is 1130. The van der Waals surface area contributed by atoms with E-state index in [-0.39, 0.29) is 11.3 Å². The smallest absolute Gasteiger partial charge is 0.300 e. The second kappa shape index (κ2) is 7.53. The lowest BCUT2D eigenvalue weighted by Gasteiger charge is -2.25. The van der Waals surface area contributed by atoms with Gasteiger partial charge in [0.15, 0.2) is 0 Å². The first kappa shape index (κ1) is 18.9. The highest BCUT2D eigenvalue weighted by atomic mass is 35.5. The maximum atomic E-state index is 13.5. The van der Waals surface area contributed by atoms with Crippen molar-refractivity contribution < 1.29 is 19.1 Å². The summed E-state index contributed by atoms with van der Waals surface area (Å²) >= 11 is 6.08. The number of carbonyl (C=O) groups is 2. The molecule has 1 N–H and O–H groups in total. The van der Waals surface area contributed by atoms with Gasteiger partial charge in [0.1, 0.15) is 11.6 Å². The number of hydrogen-bond acceptors (Lipinski definition) is 3. The number of amides is 1. The van der Waals surface area contributed by atoms with Gasteiger partial charge in [0.25, 0.3) is 11.7 Å². The van der Waals surface area contributed by atoms with Crippen molar-refractivity contribution in [1.82, 2.24) is 0 Å². The molecule has 3 aromatic carbocycles. The SMILES string of the molecule is O=C1C(=O)N(c2cccc(Cl)c2)[C@@H](c2ccc(F)cc2)/C1=C(\O)c1ccccc1. The summed E-state index contributed by atoms with van der Waals surface area (Å²) in [5.74, 6) is -2.35. The van der Waals surface area contributed by atoms with Gasteiger partial charge in [-0.05, 0) is 35.9 Å². The van der Waals surface area contributed by atoms with Crippen LogP contribution >= 0.6 is 11.6 Å². The largest absolute Gasteiger partial charge is 0.507 e. The van der Waals surface area contributed by atoms with E-state index < -0.39 is 23.5 Å². The van der Waals surface area contributed by atoms with Gasteiger partial charge in [0.2, 0.25) is 0 Å². The van der Waals surface area contributed by atoms with Gasteiger partial charge in [-0.2, -0.15) is 0 Å². The molecule has 1 atom stereocenters. The number of benzene rings is 3. The molecule has 1 heterocycles. The van der Waals surface area contributed by atoms with Crippen molar-refractivity contribution in [3.63, 3.8) is 0 Å². The third-order valence-corrected chi connectivity index (χ3v) is 5.00. The monoisotopic (exact) mass is 407 g/mol. The standard InChI is InChI=1S/C23H15ClFNO3/c24-16-7-4-8-18(13-16)26-20(14-9-11-17(25)12-10-14)19(22(28)23(26)29)21(27)15-5-2-1-3-6-15/h1-13,20,27H/b21-19+/t20-/m0/s1. The first-order chi connectivity index (χ1) is 14.0. The van der Waals surface area contributed by atoms with Crippen molar-refractivity contribution >= 4 is 34.7 Å². The van der Waals surface area contributed by atoms with Crippen LogP contribution in [-0.4, -0.2) is 16.8 Å². The number of ketones is 1. The second-order valence-corrected chi connectivity index (χ2v) is 7.00. The average Bonchev–Trinajstić information content (AvgIpc) is 2.99. The van der Waals surface area contributed by atoms with E-state index in [2.05, 4.69) is 0 Å². The molecule has 0 radical (unpaired) electrons. The molecule has 3 aromatic rings. The highest BCUT2D eigenvalue weighted by molar-refractivity contribution is 6.51. The molecule has 0 unspecified atom stereocenters. The molecular weight excluding hydrogens is 393 g/mol. The molecule has 1 aliphatic rings. The van der Waals surface area contributed by atoms with E-state index in [1.54, 1.807) is 54.6 Å². The van der Waals surface area contributed by atoms with Crippen LogP contribution in [0.15, 0.2) is 84.4 Å². The van der Waals surface area contributed by atoms with E-state index in [9.17, 15) is 19.1 Å². The van der Waals surface area contributed by atoms with Crippen LogP contribution in [0.5, 0.6) is 0 Å². The van der Waals surface area contributed by atoms with E-state index in [4.69, 9.17) is 11.6 Å². The van der Waals surface area contributed by atoms with Gasteiger partial charge in [-0.25, -0.2) is 4.39 Å². The van der Waals surface area contributed by atoms with E-state index in [1.165, 1.54) is 29.2 Å². The van der Waals surface area contributed by atoms with E-state index >= 15 is 0 Å². The molecule has 1 amide bonds. The normalized spacial score (nSPS) is 18.3. The summed E-state index contributed by atoms with van der Waals surface area (Å²) in [4.78, 5) is 27.1. The number of rotatable bonds is 3. The molecule has 6 heteroatoms. The minimum atomic E-state index is -0.922. The Morgan fingerprint density at radius 3 is 2.28 bits per heavy atom. The zero-order valence-corrected chi connectivity index (χ0v) is 15.8. The van der Waals surface area contributed by atoms with Gasteiger partial charge in [0, 0.05) is 16.3 Å². The predicted molar refractivity (Wildman–Crippen MR) is 109 cm³/mol. The summed E-state index contributed by atoms with van der Waals surface area (Å²) in [6.07, 6.45) is 0. The van der Waals surface area contributed by atoms with Crippen molar-refractivity contribution in [2.24, 2.45) is 0 Å². The van der Waals surface area contributed by atoms with Crippen molar-refractivity contribution in [3.8, 4) is 0 Å². The van der Waals surface area contributed by atoms with Crippen LogP contribution in [0.25, 0.3) is 5.76 Å². The molecule has 0 spiro atoms. The topological polar surface area (TPSA) is 57.6 Å². The summed E-state index contributed by atoms with van der Waals surface area (Å²) < 4.78 is 13.5. The fourth-order valence-corrected chi connectivity index (χ4v) is 3.62. The van der Waals surface area contributed by atoms with Crippen molar-refractivity contribution in [1.29, 1.82) is 0 Å². The lowest BCUT2D eigenvalue weighted by Crippen LogP contribution is -2.29. The van der Waals surface area contributed by atoms with Crippen LogP contribution in [0, 0.1) is 5.82 Å². The summed E-state index contributed by atoms with van der Waals surface area (Å²) in [5.41, 5.74) is 1.24. The van der Waals surface area contributed by atoms with Gasteiger partial charge in [-0.3, -0.25) is 14.5 Å². The van der Waals surface area contributed by atoms with Gasteiger partial charge < -0.3 is 5.11 Å². The molecule has 1 saturated heterocycles. The molecule has 0 bridgehead atoms. The zero-order chi connectivity index (χ0) is 20.5. The number of Topliss-reactive ketones (excluding diaryl/α,β-unsaturated/α-hetero) is 1. The number of hydrogen-bond donors (Lipinski definition) is 1. The first-order valence-electron chi connectivity index (χ1n) is 8.85. The van der Waals surface area contributed by atoms with E-state index in [1.807, 2.05) is 0 Å². The fraction of sp³-hybridized carbons (Fsp3) is 0.0435. The Hall–Kier alpha value is -3.44. The highest BCUT2D eigenvalue weighted by Crippen LogP contribution is 2.42. The Morgan fingerprint density at radius 1 is 0.931 bits per heavy atom. The van der Waals surface area contributed by atoms with Crippen LogP contribution in [0.1, 0.15) is 17.2 Å². The number of carbonyl (C=O) groups excluding carboxylic acids is 2. The minimum Gasteiger partial charge on any atom is -0.507 e. The molecule has 0 saturated carbocycles. The average molecular weight is 408 g/mol. The Labute approximate surface area is 171 Å². The third-order valence-electron chi connectivity index (χ3n) is 4.76. The molecular formula is C23H15ClFNO3. The summed E-state index contributed by atoms with van der Waals surface area (Å²) in [5, 5.41) is 11.3. The summed E-state index contributed by atoms with van der Waals surface area (Å²) in [7, 11) is 0. The number of halogens is 2. The predicted octanol–water partition coefficient (Wildman–Crippen LogP) is 5.11. The number of nitrogens with zero attached hydrogens (tertiary/aromatic N) is 1. The molecule has 4 rings (SSSR count). The third kappa shape index (κ3) is 3.41. The molecule has 29 heavy (non-hydrogen) atoms.